The molecule has 4 rings (SSSR count). The maximum absolute atomic E-state index is 12.6. The van der Waals surface area contributed by atoms with Gasteiger partial charge in [0, 0.05) is 48.7 Å². The minimum Gasteiger partial charge on any atom is -0.339 e. The lowest BCUT2D eigenvalue weighted by Gasteiger charge is -2.26. The van der Waals surface area contributed by atoms with Crippen molar-refractivity contribution in [1.29, 1.82) is 0 Å². The fraction of sp³-hybridized carbons (Fsp3) is 0.400. The zero-order chi connectivity index (χ0) is 22.3. The largest absolute Gasteiger partial charge is 0.339 e. The van der Waals surface area contributed by atoms with E-state index in [9.17, 15) is 14.4 Å². The molecule has 2 aromatic carbocycles. The van der Waals surface area contributed by atoms with Gasteiger partial charge in [-0.1, -0.05) is 0 Å². The lowest BCUT2D eigenvalue weighted by atomic mass is 10.1. The molecule has 32 heavy (non-hydrogen) atoms. The summed E-state index contributed by atoms with van der Waals surface area (Å²) in [7, 11) is 0. The van der Waals surface area contributed by atoms with Gasteiger partial charge in [0.2, 0.25) is 0 Å². The summed E-state index contributed by atoms with van der Waals surface area (Å²) in [6.45, 7) is 3.24. The second-order valence-electron chi connectivity index (χ2n) is 8.44. The molecule has 4 amide bonds. The van der Waals surface area contributed by atoms with Gasteiger partial charge in [-0.25, -0.2) is 4.79 Å². The Morgan fingerprint density at radius 2 is 0.875 bits per heavy atom. The van der Waals surface area contributed by atoms with E-state index in [2.05, 4.69) is 10.6 Å². The topological polar surface area (TPSA) is 81.8 Å². The van der Waals surface area contributed by atoms with Crippen LogP contribution in [0.3, 0.4) is 0 Å². The van der Waals surface area contributed by atoms with E-state index in [4.69, 9.17) is 0 Å². The quantitative estimate of drug-likeness (QED) is 0.739. The molecule has 0 unspecified atom stereocenters. The summed E-state index contributed by atoms with van der Waals surface area (Å²) in [6, 6.07) is 13.5. The number of nitrogens with zero attached hydrogens (tertiary/aromatic N) is 2. The molecule has 2 fully saturated rings. The molecule has 2 N–H and O–H groups in total. The number of anilines is 2. The Morgan fingerprint density at radius 1 is 0.531 bits per heavy atom. The highest BCUT2D eigenvalue weighted by atomic mass is 16.2. The van der Waals surface area contributed by atoms with Gasteiger partial charge in [-0.3, -0.25) is 9.59 Å². The highest BCUT2D eigenvalue weighted by Crippen LogP contribution is 2.18. The normalized spacial score (nSPS) is 16.4. The van der Waals surface area contributed by atoms with Crippen LogP contribution in [0.1, 0.15) is 59.2 Å². The Labute approximate surface area is 188 Å². The summed E-state index contributed by atoms with van der Waals surface area (Å²) in [5.41, 5.74) is 2.47. The minimum atomic E-state index is -0.379. The molecule has 0 atom stereocenters. The SMILES string of the molecule is O=C(Nc1ccc(C(=O)N2CCCCC2)cc1)Nc1ccc(C(=O)N2CCCCC2)cc1. The predicted molar refractivity (Wildman–Crippen MR) is 125 cm³/mol. The third-order valence-electron chi connectivity index (χ3n) is 6.07. The number of amides is 4. The van der Waals surface area contributed by atoms with E-state index in [1.165, 1.54) is 12.8 Å². The van der Waals surface area contributed by atoms with Gasteiger partial charge in [-0.15, -0.1) is 0 Å². The molecule has 2 heterocycles. The molecule has 0 bridgehead atoms. The summed E-state index contributed by atoms with van der Waals surface area (Å²) in [5.74, 6) is 0.0831. The Hall–Kier alpha value is -3.35. The van der Waals surface area contributed by atoms with Crippen LogP contribution < -0.4 is 10.6 Å². The number of piperidine rings is 2. The molecule has 0 saturated carbocycles. The van der Waals surface area contributed by atoms with Gasteiger partial charge in [0.05, 0.1) is 0 Å². The van der Waals surface area contributed by atoms with Crippen molar-refractivity contribution in [2.75, 3.05) is 36.8 Å². The molecule has 7 nitrogen and oxygen atoms in total. The smallest absolute Gasteiger partial charge is 0.323 e. The van der Waals surface area contributed by atoms with Gasteiger partial charge in [-0.05, 0) is 87.1 Å². The summed E-state index contributed by atoms with van der Waals surface area (Å²) < 4.78 is 0. The van der Waals surface area contributed by atoms with E-state index in [-0.39, 0.29) is 17.8 Å². The molecule has 0 aromatic heterocycles. The number of hydrogen-bond acceptors (Lipinski definition) is 3. The van der Waals surface area contributed by atoms with Crippen LogP contribution >= 0.6 is 0 Å². The molecule has 0 radical (unpaired) electrons. The van der Waals surface area contributed by atoms with Gasteiger partial charge < -0.3 is 20.4 Å². The van der Waals surface area contributed by atoms with E-state index in [0.717, 1.165) is 51.9 Å². The summed E-state index contributed by atoms with van der Waals surface area (Å²) >= 11 is 0. The molecule has 0 aliphatic carbocycles. The van der Waals surface area contributed by atoms with Gasteiger partial charge in [0.15, 0.2) is 0 Å². The van der Waals surface area contributed by atoms with Gasteiger partial charge in [0.25, 0.3) is 11.8 Å². The van der Waals surface area contributed by atoms with E-state index >= 15 is 0 Å². The van der Waals surface area contributed by atoms with Crippen LogP contribution in [0, 0.1) is 0 Å². The van der Waals surface area contributed by atoms with Gasteiger partial charge in [-0.2, -0.15) is 0 Å². The van der Waals surface area contributed by atoms with Gasteiger partial charge in [0.1, 0.15) is 0 Å². The van der Waals surface area contributed by atoms with Gasteiger partial charge >= 0.3 is 6.03 Å². The van der Waals surface area contributed by atoms with Crippen LogP contribution in [0.2, 0.25) is 0 Å². The summed E-state index contributed by atoms with van der Waals surface area (Å²) in [6.07, 6.45) is 6.58. The number of likely N-dealkylation sites (tertiary alicyclic amines) is 2. The van der Waals surface area contributed by atoms with Crippen LogP contribution in [-0.2, 0) is 0 Å². The van der Waals surface area contributed by atoms with Crippen LogP contribution in [-0.4, -0.2) is 53.8 Å². The van der Waals surface area contributed by atoms with Crippen molar-refractivity contribution in [3.05, 3.63) is 59.7 Å². The molecule has 2 saturated heterocycles. The van der Waals surface area contributed by atoms with Crippen molar-refractivity contribution in [3.63, 3.8) is 0 Å². The van der Waals surface area contributed by atoms with E-state index in [1.54, 1.807) is 48.5 Å². The first-order valence-electron chi connectivity index (χ1n) is 11.5. The van der Waals surface area contributed by atoms with Crippen LogP contribution in [0.25, 0.3) is 0 Å². The third kappa shape index (κ3) is 5.46. The van der Waals surface area contributed by atoms with Crippen LogP contribution in [0.5, 0.6) is 0 Å². The predicted octanol–water partition coefficient (Wildman–Crippen LogP) is 4.58. The first kappa shape index (κ1) is 21.9. The second kappa shape index (κ2) is 10.3. The average Bonchev–Trinajstić information content (AvgIpc) is 2.85. The number of rotatable bonds is 4. The number of hydrogen-bond donors (Lipinski definition) is 2. The zero-order valence-corrected chi connectivity index (χ0v) is 18.3. The Bertz CT molecular complexity index is 867. The first-order chi connectivity index (χ1) is 15.6. The van der Waals surface area contributed by atoms with Crippen LogP contribution in [0.15, 0.2) is 48.5 Å². The molecular formula is C25H30N4O3. The molecule has 2 aromatic rings. The Kier molecular flexibility index (Phi) is 7.04. The fourth-order valence-corrected chi connectivity index (χ4v) is 4.24. The molecule has 168 valence electrons. The summed E-state index contributed by atoms with van der Waals surface area (Å²) in [5, 5.41) is 5.55. The standard InChI is InChI=1S/C25H30N4O3/c30-23(28-15-3-1-4-16-28)19-7-11-21(12-8-19)26-25(32)27-22-13-9-20(10-14-22)24(31)29-17-5-2-6-18-29/h7-14H,1-6,15-18H2,(H2,26,27,32). The van der Waals surface area contributed by atoms with Crippen molar-refractivity contribution in [1.82, 2.24) is 9.80 Å². The minimum absolute atomic E-state index is 0.0416. The molecular weight excluding hydrogens is 404 g/mol. The van der Waals surface area contributed by atoms with E-state index in [0.29, 0.717) is 22.5 Å². The third-order valence-corrected chi connectivity index (χ3v) is 6.07. The molecule has 2 aliphatic rings. The number of carbonyl (C=O) groups is 3. The zero-order valence-electron chi connectivity index (χ0n) is 18.3. The van der Waals surface area contributed by atoms with E-state index < -0.39 is 0 Å². The number of carbonyl (C=O) groups excluding carboxylic acids is 3. The summed E-state index contributed by atoms with van der Waals surface area (Å²) in [4.78, 5) is 41.2. The van der Waals surface area contributed by atoms with Crippen LogP contribution in [0.4, 0.5) is 16.2 Å². The second-order valence-corrected chi connectivity index (χ2v) is 8.44. The van der Waals surface area contributed by atoms with Crippen molar-refractivity contribution >= 4 is 29.2 Å². The number of nitrogens with one attached hydrogen (secondary N) is 2. The van der Waals surface area contributed by atoms with Crippen molar-refractivity contribution < 1.29 is 14.4 Å². The number of benzene rings is 2. The first-order valence-corrected chi connectivity index (χ1v) is 11.5. The lowest BCUT2D eigenvalue weighted by Crippen LogP contribution is -2.35. The van der Waals surface area contributed by atoms with Crippen molar-refractivity contribution in [3.8, 4) is 0 Å². The molecule has 0 spiro atoms. The van der Waals surface area contributed by atoms with Crippen molar-refractivity contribution in [2.45, 2.75) is 38.5 Å². The Balaban J connectivity index is 1.29. The highest BCUT2D eigenvalue weighted by molar-refractivity contribution is 6.01. The fourth-order valence-electron chi connectivity index (χ4n) is 4.24. The monoisotopic (exact) mass is 434 g/mol. The van der Waals surface area contributed by atoms with E-state index in [1.807, 2.05) is 9.80 Å². The maximum Gasteiger partial charge on any atom is 0.323 e. The van der Waals surface area contributed by atoms with Crippen molar-refractivity contribution in [2.24, 2.45) is 0 Å². The highest BCUT2D eigenvalue weighted by Gasteiger charge is 2.19. The molecule has 7 heteroatoms. The molecule has 2 aliphatic heterocycles. The maximum atomic E-state index is 12.6. The number of urea groups is 1. The average molecular weight is 435 g/mol. The Morgan fingerprint density at radius 3 is 1.22 bits per heavy atom. The lowest BCUT2D eigenvalue weighted by molar-refractivity contribution is 0.0717.